The van der Waals surface area contributed by atoms with Crippen molar-refractivity contribution in [1.29, 1.82) is 0 Å². The van der Waals surface area contributed by atoms with Gasteiger partial charge in [0.25, 0.3) is 0 Å². The first kappa shape index (κ1) is 30.9. The zero-order valence-corrected chi connectivity index (χ0v) is 28.1. The number of fused-ring (bicyclic) bond motifs is 7. The monoisotopic (exact) mass is 595 g/mol. The summed E-state index contributed by atoms with van der Waals surface area (Å²) in [7, 11) is 0. The van der Waals surface area contributed by atoms with Crippen LogP contribution in [0.2, 0.25) is 0 Å². The summed E-state index contributed by atoms with van der Waals surface area (Å²) >= 11 is 0. The number of carbonyl (C=O) groups excluding carboxylic acids is 2. The molecule has 1 aromatic carbocycles. The number of nitrogens with one attached hydrogen (secondary N) is 1. The molecule has 5 fully saturated rings. The molecule has 4 nitrogen and oxygen atoms in total. The Morgan fingerprint density at radius 1 is 0.860 bits per heavy atom. The van der Waals surface area contributed by atoms with E-state index in [0.29, 0.717) is 42.0 Å². The van der Waals surface area contributed by atoms with Crippen LogP contribution in [0.4, 0.5) is 0 Å². The van der Waals surface area contributed by atoms with Crippen LogP contribution in [0, 0.1) is 56.7 Å². The van der Waals surface area contributed by atoms with Gasteiger partial charge in [0, 0.05) is 24.6 Å². The number of ether oxygens (including phenoxy) is 1. The van der Waals surface area contributed by atoms with Gasteiger partial charge in [0.1, 0.15) is 6.10 Å². The van der Waals surface area contributed by atoms with E-state index >= 15 is 0 Å². The van der Waals surface area contributed by atoms with Crippen molar-refractivity contribution in [3.8, 4) is 0 Å². The van der Waals surface area contributed by atoms with Crippen LogP contribution in [0.25, 0.3) is 0 Å². The maximum atomic E-state index is 14.3. The molecule has 0 spiro atoms. The van der Waals surface area contributed by atoms with Gasteiger partial charge in [-0.2, -0.15) is 0 Å². The molecular formula is C39H65NO3. The molecule has 0 aromatic heterocycles. The molecule has 4 heteroatoms. The second kappa shape index (κ2) is 10.5. The molecule has 0 saturated heterocycles. The summed E-state index contributed by atoms with van der Waals surface area (Å²) in [6, 6.07) is 10.4. The molecule has 5 aliphatic carbocycles. The number of hydrogen-bond donors (Lipinski definition) is 1. The fraction of sp³-hybridized carbons (Fsp3) is 0.744. The van der Waals surface area contributed by atoms with Gasteiger partial charge in [-0.05, 0) is 123 Å². The molecule has 10 atom stereocenters. The highest BCUT2D eigenvalue weighted by atomic mass is 16.5. The van der Waals surface area contributed by atoms with Crippen molar-refractivity contribution in [2.75, 3.05) is 0 Å². The van der Waals surface area contributed by atoms with Gasteiger partial charge < -0.3 is 10.1 Å². The van der Waals surface area contributed by atoms with Crippen molar-refractivity contribution in [3.05, 3.63) is 48.0 Å². The lowest BCUT2D eigenvalue weighted by Crippen LogP contribution is -2.67. The van der Waals surface area contributed by atoms with E-state index < -0.39 is 0 Å². The minimum Gasteiger partial charge on any atom is -0.462 e. The second-order valence-corrected chi connectivity index (χ2v) is 17.0. The number of esters is 1. The van der Waals surface area contributed by atoms with Gasteiger partial charge in [0.05, 0.1) is 5.41 Å². The molecule has 43 heavy (non-hydrogen) atoms. The first-order valence-electron chi connectivity index (χ1n) is 17.4. The molecule has 5 saturated carbocycles. The molecule has 5 unspecified atom stereocenters. The molecule has 0 radical (unpaired) electrons. The first-order chi connectivity index (χ1) is 20.2. The van der Waals surface area contributed by atoms with E-state index in [1.165, 1.54) is 36.8 Å². The Morgan fingerprint density at radius 2 is 1.58 bits per heavy atom. The summed E-state index contributed by atoms with van der Waals surface area (Å²) in [6.45, 7) is 21.6. The van der Waals surface area contributed by atoms with Crippen molar-refractivity contribution < 1.29 is 20.0 Å². The number of allylic oxidation sites excluding steroid dienone is 1. The minimum atomic E-state index is -0.281. The van der Waals surface area contributed by atoms with Crippen molar-refractivity contribution in [3.63, 3.8) is 0 Å². The molecule has 0 heterocycles. The van der Waals surface area contributed by atoms with Gasteiger partial charge in [-0.1, -0.05) is 77.1 Å². The molecule has 0 bridgehead atoms. The lowest BCUT2D eigenvalue weighted by molar-refractivity contribution is -0.248. The van der Waals surface area contributed by atoms with Gasteiger partial charge in [-0.3, -0.25) is 9.59 Å². The van der Waals surface area contributed by atoms with E-state index in [9.17, 15) is 9.59 Å². The van der Waals surface area contributed by atoms with E-state index in [1.807, 2.05) is 6.07 Å². The van der Waals surface area contributed by atoms with Crippen LogP contribution in [0.3, 0.4) is 0 Å². The van der Waals surface area contributed by atoms with Gasteiger partial charge in [0.2, 0.25) is 5.91 Å². The van der Waals surface area contributed by atoms with Crippen LogP contribution in [-0.4, -0.2) is 18.0 Å². The van der Waals surface area contributed by atoms with Crippen molar-refractivity contribution >= 4 is 11.9 Å². The fourth-order valence-electron chi connectivity index (χ4n) is 12.9. The third-order valence-electron chi connectivity index (χ3n) is 15.1. The Bertz CT molecular complexity index is 1290. The van der Waals surface area contributed by atoms with E-state index in [4.69, 9.17) is 4.74 Å². The quantitative estimate of drug-likeness (QED) is 0.272. The average Bonchev–Trinajstić information content (AvgIpc) is 3.35. The van der Waals surface area contributed by atoms with Crippen LogP contribution in [0.1, 0.15) is 124 Å². The molecular weight excluding hydrogens is 530 g/mol. The van der Waals surface area contributed by atoms with Crippen molar-refractivity contribution in [2.24, 2.45) is 56.7 Å². The van der Waals surface area contributed by atoms with E-state index in [-0.39, 0.29) is 44.9 Å². The third kappa shape index (κ3) is 4.42. The van der Waals surface area contributed by atoms with Crippen LogP contribution >= 0.6 is 0 Å². The summed E-state index contributed by atoms with van der Waals surface area (Å²) in [5.74, 6) is 2.70. The second-order valence-electron chi connectivity index (χ2n) is 17.0. The van der Waals surface area contributed by atoms with Crippen molar-refractivity contribution in [1.82, 2.24) is 5.32 Å². The topological polar surface area (TPSA) is 55.4 Å². The lowest BCUT2D eigenvalue weighted by atomic mass is 9.32. The average molecular weight is 596 g/mol. The Labute approximate surface area is 267 Å². The summed E-state index contributed by atoms with van der Waals surface area (Å²) in [4.78, 5) is 26.3. The zero-order chi connectivity index (χ0) is 31.0. The molecule has 0 aliphatic heterocycles. The highest BCUT2D eigenvalue weighted by Gasteiger charge is 2.72. The van der Waals surface area contributed by atoms with E-state index in [0.717, 1.165) is 38.5 Å². The molecule has 244 valence electrons. The van der Waals surface area contributed by atoms with Gasteiger partial charge in [0.15, 0.2) is 0 Å². The first-order valence-corrected chi connectivity index (χ1v) is 17.4. The smallest absolute Gasteiger partial charge is 0.302 e. The Kier molecular flexibility index (Phi) is 7.53. The van der Waals surface area contributed by atoms with Crippen LogP contribution in [-0.2, 0) is 20.9 Å². The summed E-state index contributed by atoms with van der Waals surface area (Å²) < 4.78 is 5.95. The van der Waals surface area contributed by atoms with Crippen LogP contribution < -0.4 is 5.32 Å². The maximum Gasteiger partial charge on any atom is 0.302 e. The molecule has 1 aromatic rings. The number of rotatable bonds is 5. The highest BCUT2D eigenvalue weighted by molar-refractivity contribution is 5.84. The normalized spacial score (nSPS) is 44.6. The van der Waals surface area contributed by atoms with Crippen LogP contribution in [0.15, 0.2) is 42.5 Å². The SMILES string of the molecule is C=C(C)[C@@H]1CC[C@]2(C(=O)NCc3ccccc3)CC[C@]3(C)[C@H](CCC4C3(C)CCC3C(C)(C)C(OC(C)=O)CC[C@@]34C)C12.[HH].[HH].[HH].[HH]. The Balaban J connectivity index is 0.00000192. The number of benzene rings is 1. The summed E-state index contributed by atoms with van der Waals surface area (Å²) in [5.41, 5.74) is 2.83. The molecule has 5 aliphatic rings. The number of amides is 1. The Morgan fingerprint density at radius 3 is 2.26 bits per heavy atom. The van der Waals surface area contributed by atoms with Crippen LogP contribution in [0.5, 0.6) is 0 Å². The summed E-state index contributed by atoms with van der Waals surface area (Å²) in [5, 5.41) is 3.43. The molecule has 1 amide bonds. The van der Waals surface area contributed by atoms with Crippen molar-refractivity contribution in [2.45, 2.75) is 125 Å². The lowest BCUT2D eigenvalue weighted by Gasteiger charge is -2.72. The maximum absolute atomic E-state index is 14.3. The fourth-order valence-corrected chi connectivity index (χ4v) is 12.9. The van der Waals surface area contributed by atoms with Gasteiger partial charge in [-0.25, -0.2) is 0 Å². The molecule has 1 N–H and O–H groups in total. The highest BCUT2D eigenvalue weighted by Crippen LogP contribution is 2.77. The van der Waals surface area contributed by atoms with Gasteiger partial charge in [-0.15, -0.1) is 0 Å². The predicted octanol–water partition coefficient (Wildman–Crippen LogP) is 9.88. The number of hydrogen-bond acceptors (Lipinski definition) is 3. The Hall–Kier alpha value is -2.10. The van der Waals surface area contributed by atoms with E-state index in [1.54, 1.807) is 6.92 Å². The predicted molar refractivity (Wildman–Crippen MR) is 181 cm³/mol. The minimum absolute atomic E-state index is 0. The number of carbonyl (C=O) groups is 2. The largest absolute Gasteiger partial charge is 0.462 e. The summed E-state index contributed by atoms with van der Waals surface area (Å²) in [6.07, 6.45) is 11.3. The standard InChI is InChI=1S/C39H57NO3.4H2/c1-25(2)28-16-21-39(34(42)40-24-27-12-10-9-11-13-27)23-22-37(7)29(33(28)39)14-15-31-36(6)19-18-32(43-26(3)41)35(4,5)30(36)17-20-38(31,37)8;;;;/h9-13,28-33H,1,14-24H2,2-8H3,(H,40,42);4*1H/t28-,29+,30?,31?,32?,33?,36-,37+,38?,39-;;;;/m0..../s1. The van der Waals surface area contributed by atoms with Gasteiger partial charge >= 0.3 is 5.97 Å². The zero-order valence-electron chi connectivity index (χ0n) is 28.1. The van der Waals surface area contributed by atoms with E-state index in [2.05, 4.69) is 77.7 Å². The molecule has 6 rings (SSSR count). The third-order valence-corrected chi connectivity index (χ3v) is 15.1.